The number of hydrogen-bond acceptors (Lipinski definition) is 1. The highest BCUT2D eigenvalue weighted by Crippen LogP contribution is 2.71. The summed E-state index contributed by atoms with van der Waals surface area (Å²) in [5, 5.41) is 0. The summed E-state index contributed by atoms with van der Waals surface area (Å²) in [7, 11) is -5.17. The summed E-state index contributed by atoms with van der Waals surface area (Å²) < 4.78 is 42.2. The zero-order valence-electron chi connectivity index (χ0n) is 15.7. The minimum absolute atomic E-state index is 0.00111. The first-order valence-electron chi connectivity index (χ1n) is 9.91. The molecule has 3 fully saturated rings. The van der Waals surface area contributed by atoms with Gasteiger partial charge in [-0.05, 0) is 67.4 Å². The van der Waals surface area contributed by atoms with Crippen LogP contribution >= 0.6 is 0 Å². The Bertz CT molecular complexity index is 586. The van der Waals surface area contributed by atoms with E-state index < -0.39 is 12.6 Å². The van der Waals surface area contributed by atoms with E-state index in [-0.39, 0.29) is 12.0 Å². The van der Waals surface area contributed by atoms with Crippen LogP contribution in [-0.4, -0.2) is 13.8 Å². The van der Waals surface area contributed by atoms with Crippen LogP contribution in [0.5, 0.6) is 0 Å². The van der Waals surface area contributed by atoms with E-state index in [2.05, 4.69) is 37.9 Å². The summed E-state index contributed by atoms with van der Waals surface area (Å²) in [6.45, 7) is 7.10. The van der Waals surface area contributed by atoms with E-state index in [1.807, 2.05) is 6.08 Å². The smallest absolute Gasteiger partial charge is 0.504 e. The number of rotatable bonds is 3. The fourth-order valence-corrected chi connectivity index (χ4v) is 7.39. The van der Waals surface area contributed by atoms with E-state index in [1.165, 1.54) is 25.7 Å². The minimum atomic E-state index is -5.17. The second-order valence-corrected chi connectivity index (χ2v) is 10.2. The van der Waals surface area contributed by atoms with Gasteiger partial charge in [0.1, 0.15) is 10.8 Å². The van der Waals surface area contributed by atoms with Gasteiger partial charge >= 0.3 is 7.18 Å². The molecule has 5 heteroatoms. The average molecular weight is 354 g/mol. The lowest BCUT2D eigenvalue weighted by Crippen LogP contribution is -2.57. The van der Waals surface area contributed by atoms with Crippen LogP contribution in [0.1, 0.15) is 65.7 Å². The van der Waals surface area contributed by atoms with Crippen molar-refractivity contribution in [3.8, 4) is 0 Å². The van der Waals surface area contributed by atoms with Gasteiger partial charge in [-0.1, -0.05) is 27.2 Å². The Hall–Kier alpha value is -0.575. The predicted octanol–water partition coefficient (Wildman–Crippen LogP) is 6.13. The summed E-state index contributed by atoms with van der Waals surface area (Å²) in [4.78, 5) is 0. The first kappa shape index (κ1) is 17.8. The maximum absolute atomic E-state index is 12.6. The monoisotopic (exact) mass is 354 g/mol. The predicted molar refractivity (Wildman–Crippen MR) is 94.5 cm³/mol. The Kier molecular flexibility index (Phi) is 3.73. The highest BCUT2D eigenvalue weighted by atomic mass is 19.4. The number of halogens is 3. The Labute approximate surface area is 149 Å². The minimum Gasteiger partial charge on any atom is -0.504 e. The summed E-state index contributed by atoms with van der Waals surface area (Å²) in [6.07, 6.45) is 14.5. The second kappa shape index (κ2) is 5.24. The third-order valence-corrected chi connectivity index (χ3v) is 8.31. The van der Waals surface area contributed by atoms with E-state index in [9.17, 15) is 12.9 Å². The van der Waals surface area contributed by atoms with Gasteiger partial charge < -0.3 is 17.6 Å². The normalized spacial score (nSPS) is 47.8. The third kappa shape index (κ3) is 2.67. The molecule has 4 aliphatic rings. The van der Waals surface area contributed by atoms with Crippen molar-refractivity contribution in [3.63, 3.8) is 0 Å². The lowest BCUT2D eigenvalue weighted by atomic mass is 9.40. The summed E-state index contributed by atoms with van der Waals surface area (Å²) in [6, 6.07) is 0. The number of allylic oxidation sites excluding steroid dienone is 1. The molecular formula is C20H30BF3O. The molecule has 5 atom stereocenters. The molecule has 2 bridgehead atoms. The van der Waals surface area contributed by atoms with Crippen molar-refractivity contribution in [3.05, 3.63) is 18.6 Å². The van der Waals surface area contributed by atoms with E-state index in [4.69, 9.17) is 0 Å². The molecule has 3 saturated carbocycles. The molecule has 0 amide bonds. The summed E-state index contributed by atoms with van der Waals surface area (Å²) >= 11 is 0. The van der Waals surface area contributed by atoms with Gasteiger partial charge in [-0.15, -0.1) is 0 Å². The van der Waals surface area contributed by atoms with Gasteiger partial charge in [0.25, 0.3) is 0 Å². The third-order valence-electron chi connectivity index (χ3n) is 8.31. The molecule has 0 aromatic carbocycles. The lowest BCUT2D eigenvalue weighted by Gasteiger charge is -2.61. The van der Waals surface area contributed by atoms with Crippen molar-refractivity contribution in [2.24, 2.45) is 33.5 Å². The van der Waals surface area contributed by atoms with Gasteiger partial charge in [0.2, 0.25) is 0 Å². The first-order valence-corrected chi connectivity index (χ1v) is 9.91. The van der Waals surface area contributed by atoms with Crippen molar-refractivity contribution in [2.45, 2.75) is 65.7 Å². The van der Waals surface area contributed by atoms with Gasteiger partial charge in [-0.3, -0.25) is 0 Å². The van der Waals surface area contributed by atoms with Gasteiger partial charge in [-0.25, -0.2) is 0 Å². The van der Waals surface area contributed by atoms with Crippen LogP contribution in [0, 0.1) is 39.9 Å². The van der Waals surface area contributed by atoms with E-state index >= 15 is 0 Å². The van der Waals surface area contributed by atoms with Crippen LogP contribution in [0.25, 0.3) is 0 Å². The molecule has 0 heterocycles. The highest BCUT2D eigenvalue weighted by Gasteiger charge is 2.69. The van der Waals surface area contributed by atoms with Gasteiger partial charge in [0, 0.05) is 5.92 Å². The maximum Gasteiger partial charge on any atom is 0.637 e. The van der Waals surface area contributed by atoms with Gasteiger partial charge in [0.15, 0.2) is 0 Å². The molecule has 0 aliphatic heterocycles. The molecule has 140 valence electrons. The molecule has 0 saturated heterocycles. The molecule has 4 rings (SSSR count). The fourth-order valence-electron chi connectivity index (χ4n) is 7.39. The molecular weight excluding hydrogens is 324 g/mol. The number of fused-ring (bicyclic) bond motifs is 3. The SMILES string of the molecule is CC1(C)CCC[C@]2(C)[C@H]3CC[C@@]4(CO[B-](F)(F)F)C=C[C@@]3([CH+]4)CC[C@@H]12. The summed E-state index contributed by atoms with van der Waals surface area (Å²) in [5.74, 6) is 1.30. The molecule has 0 aromatic heterocycles. The Balaban J connectivity index is 1.59. The molecule has 1 spiro atoms. The standard InChI is InChI=1S/C20H30BF3O/c1-17(2)7-4-8-18(3)15(17)6-10-20-12-11-19(13-20,9-5-16(18)20)14-25-21(22,23)24/h11-13,15-16H,4-10,14H2,1-3H3/t15-,16+,18-,19+,20+/m0/s1. The van der Waals surface area contributed by atoms with Crippen molar-refractivity contribution in [1.29, 1.82) is 0 Å². The van der Waals surface area contributed by atoms with E-state index in [0.717, 1.165) is 25.2 Å². The van der Waals surface area contributed by atoms with Crippen LogP contribution in [0.2, 0.25) is 0 Å². The van der Waals surface area contributed by atoms with Gasteiger partial charge in [0.05, 0.1) is 13.0 Å². The van der Waals surface area contributed by atoms with Crippen molar-refractivity contribution in [2.75, 3.05) is 6.61 Å². The second-order valence-electron chi connectivity index (χ2n) is 10.2. The largest absolute Gasteiger partial charge is 0.637 e. The highest BCUT2D eigenvalue weighted by molar-refractivity contribution is 6.51. The average Bonchev–Trinajstić information content (AvgIpc) is 2.76. The zero-order valence-corrected chi connectivity index (χ0v) is 15.7. The zero-order chi connectivity index (χ0) is 18.1. The Morgan fingerprint density at radius 3 is 2.44 bits per heavy atom. The van der Waals surface area contributed by atoms with Crippen LogP contribution in [0.4, 0.5) is 12.9 Å². The molecule has 0 N–H and O–H groups in total. The van der Waals surface area contributed by atoms with Crippen LogP contribution in [-0.2, 0) is 4.65 Å². The first-order chi connectivity index (χ1) is 11.5. The van der Waals surface area contributed by atoms with Crippen molar-refractivity contribution in [1.82, 2.24) is 0 Å². The van der Waals surface area contributed by atoms with E-state index in [1.54, 1.807) is 0 Å². The number of hydrogen-bond donors (Lipinski definition) is 0. The van der Waals surface area contributed by atoms with E-state index in [0.29, 0.717) is 16.7 Å². The fraction of sp³-hybridized carbons (Fsp3) is 0.850. The van der Waals surface area contributed by atoms with Crippen LogP contribution in [0.15, 0.2) is 12.2 Å². The van der Waals surface area contributed by atoms with Gasteiger partial charge in [-0.2, -0.15) is 0 Å². The maximum atomic E-state index is 12.6. The molecule has 0 aromatic rings. The van der Waals surface area contributed by atoms with Crippen molar-refractivity contribution >= 4 is 7.18 Å². The Morgan fingerprint density at radius 1 is 1.00 bits per heavy atom. The quantitative estimate of drug-likeness (QED) is 0.336. The lowest BCUT2D eigenvalue weighted by molar-refractivity contribution is -0.126. The molecule has 0 unspecified atom stereocenters. The Morgan fingerprint density at radius 2 is 1.72 bits per heavy atom. The van der Waals surface area contributed by atoms with Crippen LogP contribution in [0.3, 0.4) is 0 Å². The summed E-state index contributed by atoms with van der Waals surface area (Å²) in [5.41, 5.74) is 0.194. The van der Waals surface area contributed by atoms with Crippen molar-refractivity contribution < 1.29 is 17.6 Å². The molecule has 0 radical (unpaired) electrons. The van der Waals surface area contributed by atoms with Crippen LogP contribution < -0.4 is 0 Å². The molecule has 4 aliphatic carbocycles. The molecule has 1 nitrogen and oxygen atoms in total. The topological polar surface area (TPSA) is 9.23 Å². The molecule has 25 heavy (non-hydrogen) atoms.